The summed E-state index contributed by atoms with van der Waals surface area (Å²) in [5.41, 5.74) is 0. The maximum atomic E-state index is 11.9. The van der Waals surface area contributed by atoms with Gasteiger partial charge in [0.05, 0.1) is 19.8 Å². The molecule has 14 atom stereocenters. The molecule has 3 aliphatic rings. The average molecular weight is 557 g/mol. The van der Waals surface area contributed by atoms with E-state index < -0.39 is 111 Å². The van der Waals surface area contributed by atoms with Crippen LogP contribution in [0.15, 0.2) is 0 Å². The fourth-order valence-electron chi connectivity index (χ4n) is 4.56. The molecule has 3 fully saturated rings. The zero-order chi connectivity index (χ0) is 28.3. The first-order valence-electron chi connectivity index (χ1n) is 12.0. The number of hydrogen-bond acceptors (Lipinski definition) is 15. The number of ether oxygens (including phenoxy) is 5. The SMILES string of the molecule is CC(=O)N[C@H]1[C@H](O[C@H]2C(O)OC[C@@H](O)[C@@H]2O)O[C@H](CO)[C@@H](O[C@@H]2O[C@H](CO)[C@@H](O)[C@H](O)[C@H]2NC(C)=O)[C@@H]1O. The molecule has 3 heterocycles. The van der Waals surface area contributed by atoms with Gasteiger partial charge in [0.1, 0.15) is 67.0 Å². The zero-order valence-electron chi connectivity index (χ0n) is 20.6. The molecule has 2 amide bonds. The smallest absolute Gasteiger partial charge is 0.217 e. The average Bonchev–Trinajstić information content (AvgIpc) is 2.86. The van der Waals surface area contributed by atoms with Crippen LogP contribution in [0.2, 0.25) is 0 Å². The van der Waals surface area contributed by atoms with Gasteiger partial charge in [-0.3, -0.25) is 9.59 Å². The summed E-state index contributed by atoms with van der Waals surface area (Å²) in [6.45, 7) is 0.340. The number of nitrogens with one attached hydrogen (secondary N) is 2. The summed E-state index contributed by atoms with van der Waals surface area (Å²) in [5.74, 6) is -1.28. The van der Waals surface area contributed by atoms with Crippen LogP contribution in [0.1, 0.15) is 13.8 Å². The summed E-state index contributed by atoms with van der Waals surface area (Å²) in [7, 11) is 0. The van der Waals surface area contributed by atoms with E-state index in [2.05, 4.69) is 10.6 Å². The van der Waals surface area contributed by atoms with E-state index in [1.54, 1.807) is 0 Å². The van der Waals surface area contributed by atoms with Crippen LogP contribution in [0.5, 0.6) is 0 Å². The van der Waals surface area contributed by atoms with Crippen molar-refractivity contribution in [3.8, 4) is 0 Å². The predicted molar refractivity (Wildman–Crippen MR) is 118 cm³/mol. The number of aliphatic hydroxyl groups is 8. The Morgan fingerprint density at radius 2 is 1.24 bits per heavy atom. The van der Waals surface area contributed by atoms with Gasteiger partial charge < -0.3 is 75.2 Å². The van der Waals surface area contributed by atoms with Gasteiger partial charge in [-0.1, -0.05) is 0 Å². The molecule has 0 aromatic rings. The molecule has 3 rings (SSSR count). The number of amides is 2. The lowest BCUT2D eigenvalue weighted by atomic mass is 9.94. The second-order valence-corrected chi connectivity index (χ2v) is 9.36. The number of hydrogen-bond donors (Lipinski definition) is 10. The number of aliphatic hydroxyl groups excluding tert-OH is 8. The van der Waals surface area contributed by atoms with Crippen molar-refractivity contribution >= 4 is 11.8 Å². The topological polar surface area (TPSA) is 266 Å². The number of carbonyl (C=O) groups is 2. The van der Waals surface area contributed by atoms with Gasteiger partial charge in [0.25, 0.3) is 0 Å². The maximum Gasteiger partial charge on any atom is 0.217 e. The molecule has 0 aromatic heterocycles. The van der Waals surface area contributed by atoms with Crippen LogP contribution < -0.4 is 10.6 Å². The minimum absolute atomic E-state index is 0.382. The Hall–Kier alpha value is -1.58. The molecular weight excluding hydrogens is 520 g/mol. The Morgan fingerprint density at radius 1 is 0.737 bits per heavy atom. The van der Waals surface area contributed by atoms with Gasteiger partial charge in [0.2, 0.25) is 11.8 Å². The lowest BCUT2D eigenvalue weighted by Crippen LogP contribution is -2.70. The van der Waals surface area contributed by atoms with Crippen molar-refractivity contribution in [3.63, 3.8) is 0 Å². The summed E-state index contributed by atoms with van der Waals surface area (Å²) in [4.78, 5) is 23.6. The van der Waals surface area contributed by atoms with Crippen molar-refractivity contribution < 1.29 is 74.1 Å². The first-order chi connectivity index (χ1) is 17.9. The summed E-state index contributed by atoms with van der Waals surface area (Å²) >= 11 is 0. The van der Waals surface area contributed by atoms with Gasteiger partial charge in [-0.15, -0.1) is 0 Å². The van der Waals surface area contributed by atoms with Crippen LogP contribution >= 0.6 is 0 Å². The molecule has 0 radical (unpaired) electrons. The van der Waals surface area contributed by atoms with Crippen molar-refractivity contribution in [2.45, 2.75) is 99.7 Å². The second kappa shape index (κ2) is 13.2. The van der Waals surface area contributed by atoms with Crippen molar-refractivity contribution in [2.75, 3.05) is 19.8 Å². The normalized spacial score (nSPS) is 45.8. The number of rotatable bonds is 8. The van der Waals surface area contributed by atoms with Crippen molar-refractivity contribution in [1.29, 1.82) is 0 Å². The van der Waals surface area contributed by atoms with Crippen LogP contribution in [0.3, 0.4) is 0 Å². The lowest BCUT2D eigenvalue weighted by Gasteiger charge is -2.49. The van der Waals surface area contributed by atoms with E-state index in [1.807, 2.05) is 0 Å². The molecule has 0 bridgehead atoms. The standard InChI is InChI=1S/C21H36N2O15/c1-6(26)22-11-15(31)14(30)9(3-24)35-20(11)37-17-10(4-25)36-21(12(16(17)32)23-7(2)27)38-18-13(29)8(28)5-34-19(18)33/h8-21,24-25,28-33H,3-5H2,1-2H3,(H,22,26)(H,23,27)/t8-,9-,10-,11-,12-,13+,14-,15-,16-,17-,18-,19?,20+,21+/m1/s1. The highest BCUT2D eigenvalue weighted by Crippen LogP contribution is 2.31. The van der Waals surface area contributed by atoms with Crippen LogP contribution in [0, 0.1) is 0 Å². The molecule has 0 aromatic carbocycles. The van der Waals surface area contributed by atoms with E-state index in [1.165, 1.54) is 0 Å². The summed E-state index contributed by atoms with van der Waals surface area (Å²) in [6, 6.07) is -2.82. The first-order valence-corrected chi connectivity index (χ1v) is 12.0. The van der Waals surface area contributed by atoms with E-state index in [4.69, 9.17) is 23.7 Å². The molecule has 38 heavy (non-hydrogen) atoms. The van der Waals surface area contributed by atoms with Gasteiger partial charge in [-0.05, 0) is 0 Å². The second-order valence-electron chi connectivity index (χ2n) is 9.36. The Bertz CT molecular complexity index is 807. The molecule has 0 aliphatic carbocycles. The monoisotopic (exact) mass is 556 g/mol. The molecule has 3 saturated heterocycles. The van der Waals surface area contributed by atoms with Crippen molar-refractivity contribution in [1.82, 2.24) is 10.6 Å². The molecular formula is C21H36N2O15. The van der Waals surface area contributed by atoms with E-state index in [-0.39, 0.29) is 6.61 Å². The first kappa shape index (κ1) is 31.0. The van der Waals surface area contributed by atoms with Crippen molar-refractivity contribution in [2.24, 2.45) is 0 Å². The Balaban J connectivity index is 1.86. The summed E-state index contributed by atoms with van der Waals surface area (Å²) in [6.07, 6.45) is -18.7. The lowest BCUT2D eigenvalue weighted by molar-refractivity contribution is -0.356. The fourth-order valence-corrected chi connectivity index (χ4v) is 4.56. The molecule has 17 nitrogen and oxygen atoms in total. The van der Waals surface area contributed by atoms with E-state index in [0.29, 0.717) is 0 Å². The van der Waals surface area contributed by atoms with Crippen LogP contribution in [0.25, 0.3) is 0 Å². The quantitative estimate of drug-likeness (QED) is 0.133. The minimum Gasteiger partial charge on any atom is -0.394 e. The van der Waals surface area contributed by atoms with E-state index >= 15 is 0 Å². The summed E-state index contributed by atoms with van der Waals surface area (Å²) < 4.78 is 27.5. The molecule has 3 aliphatic heterocycles. The van der Waals surface area contributed by atoms with Gasteiger partial charge in [-0.2, -0.15) is 0 Å². The fraction of sp³-hybridized carbons (Fsp3) is 0.905. The van der Waals surface area contributed by atoms with E-state index in [9.17, 15) is 50.4 Å². The van der Waals surface area contributed by atoms with Gasteiger partial charge >= 0.3 is 0 Å². The number of carbonyl (C=O) groups excluding carboxylic acids is 2. The van der Waals surface area contributed by atoms with Crippen LogP contribution in [0.4, 0.5) is 0 Å². The Labute approximate surface area is 216 Å². The Kier molecular flexibility index (Phi) is 10.7. The van der Waals surface area contributed by atoms with Crippen LogP contribution in [-0.2, 0) is 33.3 Å². The minimum atomic E-state index is -1.73. The molecule has 0 spiro atoms. The highest BCUT2D eigenvalue weighted by molar-refractivity contribution is 5.73. The van der Waals surface area contributed by atoms with Crippen molar-refractivity contribution in [3.05, 3.63) is 0 Å². The summed E-state index contributed by atoms with van der Waals surface area (Å²) in [5, 5.41) is 86.4. The molecule has 0 saturated carbocycles. The third-order valence-electron chi connectivity index (χ3n) is 6.51. The van der Waals surface area contributed by atoms with Gasteiger partial charge in [0, 0.05) is 13.8 Å². The third kappa shape index (κ3) is 6.76. The molecule has 10 N–H and O–H groups in total. The largest absolute Gasteiger partial charge is 0.394 e. The zero-order valence-corrected chi connectivity index (χ0v) is 20.6. The van der Waals surface area contributed by atoms with Crippen LogP contribution in [-0.4, -0.2) is 158 Å². The van der Waals surface area contributed by atoms with Gasteiger partial charge in [0.15, 0.2) is 18.9 Å². The van der Waals surface area contributed by atoms with E-state index in [0.717, 1.165) is 13.8 Å². The highest BCUT2D eigenvalue weighted by atomic mass is 16.7. The maximum absolute atomic E-state index is 11.9. The highest BCUT2D eigenvalue weighted by Gasteiger charge is 2.53. The molecule has 17 heteroatoms. The Morgan fingerprint density at radius 3 is 1.76 bits per heavy atom. The predicted octanol–water partition coefficient (Wildman–Crippen LogP) is -6.65. The molecule has 1 unspecified atom stereocenters. The molecule has 220 valence electrons. The van der Waals surface area contributed by atoms with Gasteiger partial charge in [-0.25, -0.2) is 0 Å². The third-order valence-corrected chi connectivity index (χ3v) is 6.51.